The number of furan rings is 1. The van der Waals surface area contributed by atoms with E-state index in [1.807, 2.05) is 0 Å². The Labute approximate surface area is 166 Å². The van der Waals surface area contributed by atoms with E-state index in [1.165, 1.54) is 14.2 Å². The molecule has 3 N–H and O–H groups in total. The normalized spacial score (nSPS) is 10.9. The number of hydrogen-bond acceptors (Lipinski definition) is 8. The number of primary sulfonamides is 1. The van der Waals surface area contributed by atoms with Gasteiger partial charge in [-0.1, -0.05) is 6.07 Å². The maximum Gasteiger partial charge on any atom is 0.374 e. The zero-order valence-corrected chi connectivity index (χ0v) is 16.4. The van der Waals surface area contributed by atoms with Crippen molar-refractivity contribution in [2.45, 2.75) is 5.09 Å². The van der Waals surface area contributed by atoms with Crippen LogP contribution in [-0.2, 0) is 24.3 Å². The second-order valence-electron chi connectivity index (χ2n) is 5.77. The van der Waals surface area contributed by atoms with Crippen molar-refractivity contribution in [1.82, 2.24) is 4.90 Å². The molecule has 0 saturated carbocycles. The van der Waals surface area contributed by atoms with E-state index < -0.39 is 45.3 Å². The van der Waals surface area contributed by atoms with E-state index in [2.05, 4.69) is 5.32 Å². The molecule has 1 aromatic carbocycles. The summed E-state index contributed by atoms with van der Waals surface area (Å²) >= 11 is 0. The number of nitrogens with one attached hydrogen (secondary N) is 1. The molecule has 11 nitrogen and oxygen atoms in total. The summed E-state index contributed by atoms with van der Waals surface area (Å²) < 4.78 is 36.8. The van der Waals surface area contributed by atoms with E-state index in [1.54, 1.807) is 24.3 Å². The zero-order chi connectivity index (χ0) is 21.6. The highest BCUT2D eigenvalue weighted by atomic mass is 32.2. The number of carbonyl (C=O) groups excluding carboxylic acids is 3. The SMILES string of the molecule is COc1cccc(NC(=O)CN(C)C(=O)COC(=O)c2ccc(S(N)(=O)=O)o2)c1. The average Bonchev–Trinajstić information content (AvgIpc) is 3.16. The molecule has 1 heterocycles. The number of nitrogens with zero attached hydrogens (tertiary/aromatic N) is 1. The van der Waals surface area contributed by atoms with Crippen molar-refractivity contribution in [3.8, 4) is 5.75 Å². The summed E-state index contributed by atoms with van der Waals surface area (Å²) in [5, 5.41) is 6.87. The van der Waals surface area contributed by atoms with Gasteiger partial charge in [0.1, 0.15) is 5.75 Å². The first-order chi connectivity index (χ1) is 13.6. The molecule has 0 fully saturated rings. The molecule has 0 aliphatic rings. The van der Waals surface area contributed by atoms with Gasteiger partial charge in [0.2, 0.25) is 16.8 Å². The molecular formula is C17H19N3O8S. The molecule has 0 unspecified atom stereocenters. The predicted molar refractivity (Wildman–Crippen MR) is 99.6 cm³/mol. The summed E-state index contributed by atoms with van der Waals surface area (Å²) in [6.07, 6.45) is 0. The number of anilines is 1. The number of carbonyl (C=O) groups is 3. The number of methoxy groups -OCH3 is 1. The molecule has 0 atom stereocenters. The van der Waals surface area contributed by atoms with Crippen LogP contribution in [0.1, 0.15) is 10.6 Å². The fraction of sp³-hybridized carbons (Fsp3) is 0.235. The highest BCUT2D eigenvalue weighted by Gasteiger charge is 2.20. The van der Waals surface area contributed by atoms with Crippen LogP contribution >= 0.6 is 0 Å². The Morgan fingerprint density at radius 1 is 1.21 bits per heavy atom. The van der Waals surface area contributed by atoms with Gasteiger partial charge in [-0.2, -0.15) is 0 Å². The van der Waals surface area contributed by atoms with E-state index in [9.17, 15) is 22.8 Å². The minimum absolute atomic E-state index is 0.288. The highest BCUT2D eigenvalue weighted by molar-refractivity contribution is 7.89. The average molecular weight is 425 g/mol. The van der Waals surface area contributed by atoms with Gasteiger partial charge in [-0.15, -0.1) is 0 Å². The summed E-state index contributed by atoms with van der Waals surface area (Å²) in [6.45, 7) is -0.961. The lowest BCUT2D eigenvalue weighted by molar-refractivity contribution is -0.136. The van der Waals surface area contributed by atoms with Crippen LogP contribution in [0.15, 0.2) is 45.9 Å². The van der Waals surface area contributed by atoms with E-state index in [0.717, 1.165) is 17.0 Å². The van der Waals surface area contributed by atoms with E-state index in [4.69, 9.17) is 19.0 Å². The lowest BCUT2D eigenvalue weighted by Gasteiger charge is -2.16. The Balaban J connectivity index is 1.84. The van der Waals surface area contributed by atoms with E-state index in [-0.39, 0.29) is 6.54 Å². The molecule has 12 heteroatoms. The second kappa shape index (κ2) is 9.21. The van der Waals surface area contributed by atoms with Crippen molar-refractivity contribution in [2.24, 2.45) is 5.14 Å². The van der Waals surface area contributed by atoms with Crippen LogP contribution in [0.25, 0.3) is 0 Å². The molecule has 2 rings (SSSR count). The summed E-state index contributed by atoms with van der Waals surface area (Å²) in [7, 11) is -1.26. The first-order valence-corrected chi connectivity index (χ1v) is 9.62. The second-order valence-corrected chi connectivity index (χ2v) is 7.26. The fourth-order valence-corrected chi connectivity index (χ4v) is 2.56. The molecule has 0 spiro atoms. The first kappa shape index (κ1) is 21.9. The third-order valence-electron chi connectivity index (χ3n) is 3.55. The Morgan fingerprint density at radius 3 is 2.55 bits per heavy atom. The van der Waals surface area contributed by atoms with Crippen molar-refractivity contribution in [3.05, 3.63) is 42.2 Å². The molecule has 156 valence electrons. The van der Waals surface area contributed by atoms with E-state index in [0.29, 0.717) is 11.4 Å². The number of nitrogens with two attached hydrogens (primary N) is 1. The monoisotopic (exact) mass is 425 g/mol. The fourth-order valence-electron chi connectivity index (χ4n) is 2.10. The zero-order valence-electron chi connectivity index (χ0n) is 15.6. The molecule has 0 bridgehead atoms. The Hall–Kier alpha value is -3.38. The molecule has 2 aromatic rings. The largest absolute Gasteiger partial charge is 0.497 e. The quantitative estimate of drug-likeness (QED) is 0.567. The van der Waals surface area contributed by atoms with Crippen LogP contribution in [0.2, 0.25) is 0 Å². The van der Waals surface area contributed by atoms with Crippen molar-refractivity contribution in [1.29, 1.82) is 0 Å². The number of amides is 2. The number of hydrogen-bond donors (Lipinski definition) is 2. The minimum Gasteiger partial charge on any atom is -0.497 e. The van der Waals surface area contributed by atoms with Crippen LogP contribution in [0.5, 0.6) is 5.75 Å². The number of likely N-dealkylation sites (N-methyl/N-ethyl adjacent to an activating group) is 1. The third-order valence-corrected chi connectivity index (χ3v) is 4.33. The summed E-state index contributed by atoms with van der Waals surface area (Å²) in [5.74, 6) is -2.05. The molecule has 2 amide bonds. The van der Waals surface area contributed by atoms with Gasteiger partial charge < -0.3 is 24.1 Å². The molecular weight excluding hydrogens is 406 g/mol. The number of esters is 1. The van der Waals surface area contributed by atoms with Crippen molar-refractivity contribution >= 4 is 33.5 Å². The highest BCUT2D eigenvalue weighted by Crippen LogP contribution is 2.16. The van der Waals surface area contributed by atoms with Gasteiger partial charge >= 0.3 is 5.97 Å². The number of benzene rings is 1. The van der Waals surface area contributed by atoms with E-state index >= 15 is 0 Å². The summed E-state index contributed by atoms with van der Waals surface area (Å²) in [6, 6.07) is 8.72. The summed E-state index contributed by atoms with van der Waals surface area (Å²) in [4.78, 5) is 37.0. The Bertz CT molecular complexity index is 1020. The van der Waals surface area contributed by atoms with Gasteiger partial charge in [0.15, 0.2) is 6.61 Å². The van der Waals surface area contributed by atoms with Crippen molar-refractivity contribution in [2.75, 3.05) is 32.6 Å². The van der Waals surface area contributed by atoms with Crippen molar-refractivity contribution in [3.63, 3.8) is 0 Å². The lowest BCUT2D eigenvalue weighted by atomic mass is 10.3. The van der Waals surface area contributed by atoms with Crippen molar-refractivity contribution < 1.29 is 36.7 Å². The number of ether oxygens (including phenoxy) is 2. The smallest absolute Gasteiger partial charge is 0.374 e. The van der Waals surface area contributed by atoms with Gasteiger partial charge in [0.05, 0.1) is 13.7 Å². The number of sulfonamides is 1. The van der Waals surface area contributed by atoms with Crippen LogP contribution < -0.4 is 15.2 Å². The molecule has 0 radical (unpaired) electrons. The van der Waals surface area contributed by atoms with Crippen LogP contribution in [0, 0.1) is 0 Å². The Kier molecular flexibility index (Phi) is 6.96. The topological polar surface area (TPSA) is 158 Å². The first-order valence-electron chi connectivity index (χ1n) is 8.08. The molecule has 0 saturated heterocycles. The summed E-state index contributed by atoms with van der Waals surface area (Å²) in [5.41, 5.74) is 0.491. The molecule has 0 aliphatic carbocycles. The third kappa shape index (κ3) is 6.33. The van der Waals surface area contributed by atoms with Crippen LogP contribution in [0.3, 0.4) is 0 Å². The Morgan fingerprint density at radius 2 is 1.93 bits per heavy atom. The predicted octanol–water partition coefficient (Wildman–Crippen LogP) is 0.190. The minimum atomic E-state index is -4.11. The van der Waals surface area contributed by atoms with Gasteiger partial charge in [-0.25, -0.2) is 18.4 Å². The van der Waals surface area contributed by atoms with Gasteiger partial charge in [0.25, 0.3) is 15.9 Å². The molecule has 0 aliphatic heterocycles. The van der Waals surface area contributed by atoms with Gasteiger partial charge in [0, 0.05) is 18.8 Å². The van der Waals surface area contributed by atoms with Gasteiger partial charge in [-0.3, -0.25) is 9.59 Å². The lowest BCUT2D eigenvalue weighted by Crippen LogP contribution is -2.37. The molecule has 29 heavy (non-hydrogen) atoms. The standard InChI is InChI=1S/C17H19N3O8S/c1-20(9-14(21)19-11-4-3-5-12(8-11)26-2)15(22)10-27-17(23)13-6-7-16(28-13)29(18,24)25/h3-8H,9-10H2,1-2H3,(H,19,21)(H2,18,24,25). The van der Waals surface area contributed by atoms with Crippen LogP contribution in [-0.4, -0.2) is 58.4 Å². The maximum absolute atomic E-state index is 12.0. The number of rotatable bonds is 8. The molecule has 1 aromatic heterocycles. The maximum atomic E-state index is 12.0. The van der Waals surface area contributed by atoms with Crippen LogP contribution in [0.4, 0.5) is 5.69 Å². The van der Waals surface area contributed by atoms with Gasteiger partial charge in [-0.05, 0) is 24.3 Å².